The second kappa shape index (κ2) is 4.26. The summed E-state index contributed by atoms with van der Waals surface area (Å²) in [5.41, 5.74) is 0. The minimum atomic E-state index is -1.02. The van der Waals surface area contributed by atoms with Gasteiger partial charge in [-0.05, 0) is 18.8 Å². The number of nitrogens with zero attached hydrogens (tertiary/aromatic N) is 2. The van der Waals surface area contributed by atoms with E-state index < -0.39 is 17.8 Å². The van der Waals surface area contributed by atoms with Gasteiger partial charge < -0.3 is 0 Å². The molecule has 0 radical (unpaired) electrons. The van der Waals surface area contributed by atoms with Crippen LogP contribution in [0.25, 0.3) is 0 Å². The van der Waals surface area contributed by atoms with Crippen molar-refractivity contribution in [2.24, 2.45) is 16.8 Å². The summed E-state index contributed by atoms with van der Waals surface area (Å²) >= 11 is 0. The van der Waals surface area contributed by atoms with Crippen molar-refractivity contribution >= 4 is 6.34 Å². The number of hydrogen-bond donors (Lipinski definition) is 1. The smallest absolute Gasteiger partial charge is 0.248 e. The molecule has 1 saturated carbocycles. The second-order valence-corrected chi connectivity index (χ2v) is 4.17. The third-order valence-electron chi connectivity index (χ3n) is 3.18. The lowest BCUT2D eigenvalue weighted by Crippen LogP contribution is -2.47. The van der Waals surface area contributed by atoms with Crippen LogP contribution in [0.1, 0.15) is 32.1 Å². The maximum atomic E-state index is 13.5. The molecule has 0 aromatic carbocycles. The van der Waals surface area contributed by atoms with Gasteiger partial charge in [-0.2, -0.15) is 4.39 Å². The Balaban J connectivity index is 2.15. The molecule has 0 aromatic heterocycles. The van der Waals surface area contributed by atoms with Gasteiger partial charge in [0.1, 0.15) is 12.4 Å². The summed E-state index contributed by atoms with van der Waals surface area (Å²) in [4.78, 5) is 3.25. The van der Waals surface area contributed by atoms with Crippen molar-refractivity contribution in [3.05, 3.63) is 11.8 Å². The molecule has 0 spiro atoms. The van der Waals surface area contributed by atoms with Gasteiger partial charge in [0.25, 0.3) is 0 Å². The van der Waals surface area contributed by atoms with Crippen LogP contribution in [0, 0.1) is 5.92 Å². The fourth-order valence-corrected chi connectivity index (χ4v) is 2.40. The molecule has 0 saturated heterocycles. The van der Waals surface area contributed by atoms with Crippen LogP contribution in [0.15, 0.2) is 16.8 Å². The Morgan fingerprint density at radius 3 is 2.60 bits per heavy atom. The third kappa shape index (κ3) is 2.02. The highest BCUT2D eigenvalue weighted by Crippen LogP contribution is 2.34. The van der Waals surface area contributed by atoms with Crippen LogP contribution < -0.4 is 5.84 Å². The van der Waals surface area contributed by atoms with Gasteiger partial charge in [-0.3, -0.25) is 5.01 Å². The first kappa shape index (κ1) is 10.5. The highest BCUT2D eigenvalue weighted by molar-refractivity contribution is 5.59. The van der Waals surface area contributed by atoms with Crippen LogP contribution in [-0.2, 0) is 0 Å². The zero-order valence-electron chi connectivity index (χ0n) is 8.50. The van der Waals surface area contributed by atoms with E-state index in [-0.39, 0.29) is 5.92 Å². The summed E-state index contributed by atoms with van der Waals surface area (Å²) in [6.45, 7) is 0. The van der Waals surface area contributed by atoms with Gasteiger partial charge in [-0.25, -0.2) is 15.2 Å². The molecule has 1 unspecified atom stereocenters. The molecule has 0 bridgehead atoms. The van der Waals surface area contributed by atoms with E-state index in [0.29, 0.717) is 0 Å². The van der Waals surface area contributed by atoms with Gasteiger partial charge >= 0.3 is 0 Å². The Kier molecular flexibility index (Phi) is 3.00. The van der Waals surface area contributed by atoms with E-state index >= 15 is 0 Å². The van der Waals surface area contributed by atoms with E-state index in [1.54, 1.807) is 0 Å². The van der Waals surface area contributed by atoms with Crippen LogP contribution in [0.4, 0.5) is 8.78 Å². The molecule has 0 amide bonds. The molecule has 1 fully saturated rings. The molecule has 5 heteroatoms. The molecule has 15 heavy (non-hydrogen) atoms. The fourth-order valence-electron chi connectivity index (χ4n) is 2.40. The molecule has 1 aliphatic carbocycles. The van der Waals surface area contributed by atoms with E-state index in [1.165, 1.54) is 11.4 Å². The van der Waals surface area contributed by atoms with Crippen molar-refractivity contribution in [2.75, 3.05) is 0 Å². The number of nitrogens with two attached hydrogens (primary N) is 1. The van der Waals surface area contributed by atoms with Gasteiger partial charge in [0.05, 0.1) is 0 Å². The topological polar surface area (TPSA) is 41.6 Å². The van der Waals surface area contributed by atoms with Gasteiger partial charge in [0, 0.05) is 0 Å². The number of hydrazine groups is 1. The average Bonchev–Trinajstić information content (AvgIpc) is 2.26. The minimum Gasteiger partial charge on any atom is -0.290 e. The van der Waals surface area contributed by atoms with E-state index in [9.17, 15) is 8.78 Å². The van der Waals surface area contributed by atoms with Gasteiger partial charge in [0.15, 0.2) is 5.83 Å². The lowest BCUT2D eigenvalue weighted by molar-refractivity contribution is 0.182. The minimum absolute atomic E-state index is 0.112. The van der Waals surface area contributed by atoms with Gasteiger partial charge in [-0.15, -0.1) is 0 Å². The molecular formula is C10H15F2N3. The fraction of sp³-hybridized carbons (Fsp3) is 0.700. The van der Waals surface area contributed by atoms with Crippen LogP contribution in [-0.4, -0.2) is 17.4 Å². The molecule has 1 aliphatic heterocycles. The monoisotopic (exact) mass is 215 g/mol. The highest BCUT2D eigenvalue weighted by Gasteiger charge is 2.34. The molecular weight excluding hydrogens is 200 g/mol. The Bertz CT molecular complexity index is 295. The first-order valence-electron chi connectivity index (χ1n) is 5.32. The van der Waals surface area contributed by atoms with Crippen molar-refractivity contribution in [3.63, 3.8) is 0 Å². The van der Waals surface area contributed by atoms with Crippen molar-refractivity contribution < 1.29 is 8.78 Å². The Hall–Kier alpha value is -0.970. The number of hydrogen-bond acceptors (Lipinski definition) is 3. The predicted molar refractivity (Wildman–Crippen MR) is 54.1 cm³/mol. The molecule has 3 nitrogen and oxygen atoms in total. The normalized spacial score (nSPS) is 28.7. The number of aliphatic imine (C=N–C) groups is 1. The Labute approximate surface area is 87.6 Å². The summed E-state index contributed by atoms with van der Waals surface area (Å²) in [5, 5.41) is 1.19. The SMILES string of the molecule is NN1C=NC(F)=C(F)C1C1CCCCC1. The Morgan fingerprint density at radius 1 is 1.27 bits per heavy atom. The quantitative estimate of drug-likeness (QED) is 0.538. The van der Waals surface area contributed by atoms with Crippen molar-refractivity contribution in [2.45, 2.75) is 38.1 Å². The molecule has 0 aromatic rings. The molecule has 84 valence electrons. The van der Waals surface area contributed by atoms with Gasteiger partial charge in [-0.1, -0.05) is 19.3 Å². The summed E-state index contributed by atoms with van der Waals surface area (Å²) in [7, 11) is 0. The van der Waals surface area contributed by atoms with Crippen LogP contribution in [0.5, 0.6) is 0 Å². The summed E-state index contributed by atoms with van der Waals surface area (Å²) in [6, 6.07) is -0.650. The lowest BCUT2D eigenvalue weighted by Gasteiger charge is -2.35. The molecule has 1 atom stereocenters. The summed E-state index contributed by atoms with van der Waals surface area (Å²) in [5.74, 6) is 3.88. The van der Waals surface area contributed by atoms with E-state index in [4.69, 9.17) is 5.84 Å². The maximum Gasteiger partial charge on any atom is 0.248 e. The molecule has 2 N–H and O–H groups in total. The first-order valence-corrected chi connectivity index (χ1v) is 5.32. The van der Waals surface area contributed by atoms with Crippen molar-refractivity contribution in [3.8, 4) is 0 Å². The largest absolute Gasteiger partial charge is 0.290 e. The van der Waals surface area contributed by atoms with E-state index in [2.05, 4.69) is 4.99 Å². The third-order valence-corrected chi connectivity index (χ3v) is 3.18. The zero-order valence-corrected chi connectivity index (χ0v) is 8.50. The summed E-state index contributed by atoms with van der Waals surface area (Å²) in [6.07, 6.45) is 6.30. The van der Waals surface area contributed by atoms with Gasteiger partial charge in [0.2, 0.25) is 5.95 Å². The average molecular weight is 215 g/mol. The highest BCUT2D eigenvalue weighted by atomic mass is 19.2. The zero-order chi connectivity index (χ0) is 10.8. The van der Waals surface area contributed by atoms with E-state index in [1.807, 2.05) is 0 Å². The predicted octanol–water partition coefficient (Wildman–Crippen LogP) is 2.26. The Morgan fingerprint density at radius 2 is 1.93 bits per heavy atom. The maximum absolute atomic E-state index is 13.5. The second-order valence-electron chi connectivity index (χ2n) is 4.17. The van der Waals surface area contributed by atoms with E-state index in [0.717, 1.165) is 32.0 Å². The van der Waals surface area contributed by atoms with Crippen LogP contribution in [0.3, 0.4) is 0 Å². The molecule has 2 rings (SSSR count). The molecule has 1 heterocycles. The standard InChI is InChI=1S/C10H15F2N3/c11-8-9(7-4-2-1-3-5-7)15(13)6-14-10(8)12/h6-7,9H,1-5,13H2. The van der Waals surface area contributed by atoms with Crippen LogP contribution >= 0.6 is 0 Å². The van der Waals surface area contributed by atoms with Crippen molar-refractivity contribution in [1.29, 1.82) is 0 Å². The summed E-state index contributed by atoms with van der Waals surface area (Å²) < 4.78 is 26.5. The first-order chi connectivity index (χ1) is 7.20. The number of halogens is 2. The molecule has 2 aliphatic rings. The number of rotatable bonds is 1. The lowest BCUT2D eigenvalue weighted by atomic mass is 9.83. The van der Waals surface area contributed by atoms with Crippen molar-refractivity contribution in [1.82, 2.24) is 5.01 Å². The van der Waals surface area contributed by atoms with Crippen LogP contribution in [0.2, 0.25) is 0 Å².